The molecule has 1 aromatic rings. The van der Waals surface area contributed by atoms with Gasteiger partial charge in [-0.15, -0.1) is 0 Å². The molecule has 2 rings (SSSR count). The second-order valence-electron chi connectivity index (χ2n) is 3.85. The Morgan fingerprint density at radius 2 is 2.12 bits per heavy atom. The van der Waals surface area contributed by atoms with Crippen LogP contribution in [0, 0.1) is 0 Å². The number of sulfone groups is 1. The topological polar surface area (TPSA) is 54.4 Å². The van der Waals surface area contributed by atoms with Gasteiger partial charge in [0, 0.05) is 11.4 Å². The van der Waals surface area contributed by atoms with Crippen molar-refractivity contribution in [2.45, 2.75) is 24.3 Å². The Balaban J connectivity index is 2.52. The second-order valence-corrected chi connectivity index (χ2v) is 6.26. The van der Waals surface area contributed by atoms with Crippen LogP contribution >= 0.6 is 11.6 Å². The molecule has 16 heavy (non-hydrogen) atoms. The third kappa shape index (κ3) is 1.88. The van der Waals surface area contributed by atoms with E-state index >= 15 is 0 Å². The maximum absolute atomic E-state index is 12.0. The van der Waals surface area contributed by atoms with Gasteiger partial charge in [0.1, 0.15) is 0 Å². The van der Waals surface area contributed by atoms with Crippen LogP contribution in [0.15, 0.2) is 28.0 Å². The van der Waals surface area contributed by atoms with Gasteiger partial charge in [-0.2, -0.15) is 0 Å². The molecule has 5 heteroatoms. The molecule has 1 aromatic carbocycles. The van der Waals surface area contributed by atoms with Crippen molar-refractivity contribution in [3.05, 3.63) is 33.7 Å². The minimum atomic E-state index is -3.45. The van der Waals surface area contributed by atoms with Crippen LogP contribution in [0.2, 0.25) is 5.02 Å². The van der Waals surface area contributed by atoms with Crippen molar-refractivity contribution < 1.29 is 13.5 Å². The van der Waals surface area contributed by atoms with Crippen molar-refractivity contribution in [1.29, 1.82) is 0 Å². The highest BCUT2D eigenvalue weighted by Gasteiger charge is 2.30. The molecule has 0 saturated heterocycles. The first-order valence-corrected chi connectivity index (χ1v) is 6.70. The lowest BCUT2D eigenvalue weighted by Crippen LogP contribution is -2.07. The molecule has 1 N–H and O–H groups in total. The average Bonchev–Trinajstić information content (AvgIpc) is 2.40. The summed E-state index contributed by atoms with van der Waals surface area (Å²) in [4.78, 5) is 0.482. The summed E-state index contributed by atoms with van der Waals surface area (Å²) >= 11 is 5.77. The smallest absolute Gasteiger partial charge is 0.203 e. The molecule has 0 spiro atoms. The molecule has 0 saturated carbocycles. The van der Waals surface area contributed by atoms with Gasteiger partial charge in [0.15, 0.2) is 0 Å². The summed E-state index contributed by atoms with van der Waals surface area (Å²) < 4.78 is 24.1. The molecule has 0 aliphatic carbocycles. The molecule has 86 valence electrons. The third-order valence-corrected chi connectivity index (χ3v) is 4.57. The highest BCUT2D eigenvalue weighted by molar-refractivity contribution is 7.95. The van der Waals surface area contributed by atoms with Crippen LogP contribution in [0.4, 0.5) is 0 Å². The first-order chi connectivity index (χ1) is 7.41. The normalized spacial score (nSPS) is 19.1. The first-order valence-electron chi connectivity index (χ1n) is 4.84. The van der Waals surface area contributed by atoms with Crippen LogP contribution in [-0.4, -0.2) is 19.6 Å². The Morgan fingerprint density at radius 3 is 2.75 bits per heavy atom. The minimum absolute atomic E-state index is 0.134. The molecule has 1 aliphatic heterocycles. The molecule has 0 fully saturated rings. The molecule has 1 atom stereocenters. The molecule has 0 amide bonds. The molecule has 0 aromatic heterocycles. The number of benzene rings is 1. The molecule has 1 heterocycles. The zero-order chi connectivity index (χ0) is 11.9. The molecule has 3 nitrogen and oxygen atoms in total. The van der Waals surface area contributed by atoms with E-state index in [9.17, 15) is 13.5 Å². The molecule has 0 radical (unpaired) electrons. The van der Waals surface area contributed by atoms with Crippen molar-refractivity contribution in [3.8, 4) is 0 Å². The van der Waals surface area contributed by atoms with Crippen molar-refractivity contribution >= 4 is 27.5 Å². The minimum Gasteiger partial charge on any atom is -0.393 e. The number of hydrogen-bond donors (Lipinski definition) is 1. The zero-order valence-electron chi connectivity index (χ0n) is 8.64. The SMILES string of the molecule is CC(O)CC1=Cc2ccc(Cl)cc2S1(=O)=O. The molecular weight excluding hydrogens is 248 g/mol. The number of rotatable bonds is 2. The summed E-state index contributed by atoms with van der Waals surface area (Å²) in [5, 5.41) is 9.64. The van der Waals surface area contributed by atoms with Gasteiger partial charge >= 0.3 is 0 Å². The van der Waals surface area contributed by atoms with E-state index < -0.39 is 15.9 Å². The monoisotopic (exact) mass is 258 g/mol. The van der Waals surface area contributed by atoms with Crippen LogP contribution in [0.5, 0.6) is 0 Å². The quantitative estimate of drug-likeness (QED) is 0.885. The Hall–Kier alpha value is -0.840. The van der Waals surface area contributed by atoms with Gasteiger partial charge in [-0.3, -0.25) is 0 Å². The highest BCUT2D eigenvalue weighted by Crippen LogP contribution is 2.36. The van der Waals surface area contributed by atoms with Gasteiger partial charge in [0.05, 0.1) is 15.9 Å². The lowest BCUT2D eigenvalue weighted by atomic mass is 10.2. The Morgan fingerprint density at radius 1 is 1.44 bits per heavy atom. The van der Waals surface area contributed by atoms with Crippen molar-refractivity contribution in [2.24, 2.45) is 0 Å². The summed E-state index contributed by atoms with van der Waals surface area (Å²) in [5.74, 6) is 0. The fourth-order valence-corrected chi connectivity index (χ4v) is 3.69. The van der Waals surface area contributed by atoms with Crippen LogP contribution < -0.4 is 0 Å². The van der Waals surface area contributed by atoms with E-state index in [1.165, 1.54) is 6.07 Å². The van der Waals surface area contributed by atoms with Gasteiger partial charge in [0.2, 0.25) is 9.84 Å². The van der Waals surface area contributed by atoms with Crippen molar-refractivity contribution in [3.63, 3.8) is 0 Å². The van der Waals surface area contributed by atoms with Gasteiger partial charge < -0.3 is 5.11 Å². The summed E-state index contributed by atoms with van der Waals surface area (Å²) in [7, 11) is -3.45. The predicted octanol–water partition coefficient (Wildman–Crippen LogP) is 2.24. The summed E-state index contributed by atoms with van der Waals surface area (Å²) in [6.45, 7) is 1.56. The second kappa shape index (κ2) is 3.87. The highest BCUT2D eigenvalue weighted by atomic mass is 35.5. The number of halogens is 1. The lowest BCUT2D eigenvalue weighted by molar-refractivity contribution is 0.197. The number of aliphatic hydroxyl groups is 1. The van der Waals surface area contributed by atoms with Crippen molar-refractivity contribution in [1.82, 2.24) is 0 Å². The predicted molar refractivity (Wildman–Crippen MR) is 62.9 cm³/mol. The van der Waals surface area contributed by atoms with E-state index in [4.69, 9.17) is 11.6 Å². The van der Waals surface area contributed by atoms with E-state index in [1.54, 1.807) is 25.1 Å². The van der Waals surface area contributed by atoms with Crippen LogP contribution in [-0.2, 0) is 9.84 Å². The van der Waals surface area contributed by atoms with E-state index in [1.807, 2.05) is 0 Å². The molecule has 1 aliphatic rings. The average molecular weight is 259 g/mol. The lowest BCUT2D eigenvalue weighted by Gasteiger charge is -2.05. The molecular formula is C11H11ClO3S. The number of fused-ring (bicyclic) bond motifs is 1. The van der Waals surface area contributed by atoms with Crippen LogP contribution in [0.3, 0.4) is 0 Å². The van der Waals surface area contributed by atoms with Gasteiger partial charge in [-0.1, -0.05) is 17.7 Å². The zero-order valence-corrected chi connectivity index (χ0v) is 10.2. The number of aliphatic hydroxyl groups excluding tert-OH is 1. The summed E-state index contributed by atoms with van der Waals surface area (Å²) in [5.41, 5.74) is 0.639. The van der Waals surface area contributed by atoms with Gasteiger partial charge in [0.25, 0.3) is 0 Å². The van der Waals surface area contributed by atoms with Crippen LogP contribution in [0.1, 0.15) is 18.9 Å². The third-order valence-electron chi connectivity index (χ3n) is 2.42. The first kappa shape index (κ1) is 11.6. The number of hydrogen-bond acceptors (Lipinski definition) is 3. The maximum atomic E-state index is 12.0. The van der Waals surface area contributed by atoms with Gasteiger partial charge in [-0.25, -0.2) is 8.42 Å². The standard InChI is InChI=1S/C11H11ClO3S/c1-7(13)4-10-5-8-2-3-9(12)6-11(8)16(10,14)15/h2-3,5-7,13H,4H2,1H3. The Kier molecular flexibility index (Phi) is 2.82. The van der Waals surface area contributed by atoms with E-state index in [2.05, 4.69) is 0 Å². The fraction of sp³-hybridized carbons (Fsp3) is 0.273. The summed E-state index contributed by atoms with van der Waals surface area (Å²) in [6, 6.07) is 4.76. The van der Waals surface area contributed by atoms with E-state index in [-0.39, 0.29) is 16.2 Å². The molecule has 1 unspecified atom stereocenters. The van der Waals surface area contributed by atoms with E-state index in [0.29, 0.717) is 10.6 Å². The largest absolute Gasteiger partial charge is 0.393 e. The van der Waals surface area contributed by atoms with E-state index in [0.717, 1.165) is 0 Å². The fourth-order valence-electron chi connectivity index (χ4n) is 1.71. The maximum Gasteiger partial charge on any atom is 0.203 e. The van der Waals surface area contributed by atoms with Crippen molar-refractivity contribution in [2.75, 3.05) is 0 Å². The van der Waals surface area contributed by atoms with Crippen LogP contribution in [0.25, 0.3) is 6.08 Å². The Bertz CT molecular complexity index is 559. The van der Waals surface area contributed by atoms with Gasteiger partial charge in [-0.05, 0) is 30.7 Å². The Labute approximate surface area is 99.3 Å². The molecule has 0 bridgehead atoms. The summed E-state index contributed by atoms with van der Waals surface area (Å²) in [6.07, 6.45) is 1.05.